The summed E-state index contributed by atoms with van der Waals surface area (Å²) >= 11 is 0. The maximum atomic E-state index is 14.6. The number of hydrogen-bond acceptors (Lipinski definition) is 4. The van der Waals surface area contributed by atoms with E-state index in [1.807, 2.05) is 49.4 Å². The molecular weight excluding hydrogens is 517 g/mol. The SMILES string of the molecule is CCc1ccc(N(CCCC(=O)N(Cc2ccccc2F)C(Cc2ccccc2)C(=O)NC)S(C)(=O)=O)cc1. The molecule has 9 heteroatoms. The molecule has 1 N–H and O–H groups in total. The first-order chi connectivity index (χ1) is 18.6. The minimum absolute atomic E-state index is 0.0181. The zero-order valence-corrected chi connectivity index (χ0v) is 23.5. The van der Waals surface area contributed by atoms with E-state index in [1.165, 1.54) is 22.3 Å². The Morgan fingerprint density at radius 3 is 2.15 bits per heavy atom. The van der Waals surface area contributed by atoms with Gasteiger partial charge in [0.05, 0.1) is 11.9 Å². The van der Waals surface area contributed by atoms with E-state index in [1.54, 1.807) is 30.3 Å². The molecule has 7 nitrogen and oxygen atoms in total. The van der Waals surface area contributed by atoms with Gasteiger partial charge in [0, 0.05) is 38.5 Å². The number of likely N-dealkylation sites (N-methyl/N-ethyl adjacent to an activating group) is 1. The van der Waals surface area contributed by atoms with Crippen molar-refractivity contribution in [2.24, 2.45) is 0 Å². The van der Waals surface area contributed by atoms with E-state index >= 15 is 0 Å². The molecule has 2 amide bonds. The summed E-state index contributed by atoms with van der Waals surface area (Å²) in [6.45, 7) is 2.02. The molecule has 0 aromatic heterocycles. The van der Waals surface area contributed by atoms with Crippen molar-refractivity contribution in [3.8, 4) is 0 Å². The minimum Gasteiger partial charge on any atom is -0.357 e. The second kappa shape index (κ2) is 13.9. The van der Waals surface area contributed by atoms with Crippen molar-refractivity contribution in [1.82, 2.24) is 10.2 Å². The number of carbonyl (C=O) groups excluding carboxylic acids is 2. The number of anilines is 1. The largest absolute Gasteiger partial charge is 0.357 e. The van der Waals surface area contributed by atoms with E-state index in [-0.39, 0.29) is 44.2 Å². The summed E-state index contributed by atoms with van der Waals surface area (Å²) in [6.07, 6.45) is 2.42. The molecule has 3 aromatic rings. The smallest absolute Gasteiger partial charge is 0.242 e. The van der Waals surface area contributed by atoms with Crippen LogP contribution in [0.3, 0.4) is 0 Å². The number of rotatable bonds is 13. The lowest BCUT2D eigenvalue weighted by molar-refractivity contribution is -0.141. The average molecular weight is 554 g/mol. The van der Waals surface area contributed by atoms with Crippen LogP contribution < -0.4 is 9.62 Å². The molecule has 0 aliphatic carbocycles. The zero-order chi connectivity index (χ0) is 28.4. The van der Waals surface area contributed by atoms with E-state index in [2.05, 4.69) is 5.32 Å². The molecule has 3 rings (SSSR count). The van der Waals surface area contributed by atoms with Crippen molar-refractivity contribution >= 4 is 27.5 Å². The summed E-state index contributed by atoms with van der Waals surface area (Å²) in [5.41, 5.74) is 2.76. The van der Waals surface area contributed by atoms with Crippen LogP contribution in [0.25, 0.3) is 0 Å². The van der Waals surface area contributed by atoms with Gasteiger partial charge in [0.15, 0.2) is 0 Å². The lowest BCUT2D eigenvalue weighted by Crippen LogP contribution is -2.50. The number of aryl methyl sites for hydroxylation is 1. The molecule has 0 aliphatic heterocycles. The van der Waals surface area contributed by atoms with Crippen LogP contribution in [0, 0.1) is 5.82 Å². The first-order valence-electron chi connectivity index (χ1n) is 13.0. The lowest BCUT2D eigenvalue weighted by Gasteiger charge is -2.31. The molecule has 0 bridgehead atoms. The monoisotopic (exact) mass is 553 g/mol. The fraction of sp³-hybridized carbons (Fsp3) is 0.333. The highest BCUT2D eigenvalue weighted by molar-refractivity contribution is 7.92. The molecule has 1 atom stereocenters. The molecule has 0 fully saturated rings. The Bertz CT molecular complexity index is 1350. The van der Waals surface area contributed by atoms with Crippen LogP contribution in [0.15, 0.2) is 78.9 Å². The quantitative estimate of drug-likeness (QED) is 0.342. The Balaban J connectivity index is 1.84. The molecule has 1 unspecified atom stereocenters. The highest BCUT2D eigenvalue weighted by atomic mass is 32.2. The van der Waals surface area contributed by atoms with Crippen LogP contribution in [-0.2, 0) is 39.0 Å². The van der Waals surface area contributed by atoms with Crippen molar-refractivity contribution in [2.45, 2.75) is 45.2 Å². The summed E-state index contributed by atoms with van der Waals surface area (Å²) in [5.74, 6) is -1.20. The summed E-state index contributed by atoms with van der Waals surface area (Å²) in [5, 5.41) is 2.63. The summed E-state index contributed by atoms with van der Waals surface area (Å²) in [7, 11) is -2.09. The Morgan fingerprint density at radius 2 is 1.56 bits per heavy atom. The van der Waals surface area contributed by atoms with Gasteiger partial charge in [0.1, 0.15) is 11.9 Å². The number of hydrogen-bond donors (Lipinski definition) is 1. The van der Waals surface area contributed by atoms with Crippen molar-refractivity contribution in [3.05, 3.63) is 101 Å². The second-order valence-corrected chi connectivity index (χ2v) is 11.3. The maximum absolute atomic E-state index is 14.6. The predicted molar refractivity (Wildman–Crippen MR) is 152 cm³/mol. The average Bonchev–Trinajstić information content (AvgIpc) is 2.93. The van der Waals surface area contributed by atoms with E-state index < -0.39 is 21.9 Å². The van der Waals surface area contributed by atoms with Gasteiger partial charge in [-0.1, -0.05) is 67.6 Å². The van der Waals surface area contributed by atoms with Crippen LogP contribution in [0.4, 0.5) is 10.1 Å². The number of benzene rings is 3. The third-order valence-corrected chi connectivity index (χ3v) is 7.79. The van der Waals surface area contributed by atoms with Crippen LogP contribution in [0.2, 0.25) is 0 Å². The molecule has 0 spiro atoms. The number of nitrogens with one attached hydrogen (secondary N) is 1. The van der Waals surface area contributed by atoms with Gasteiger partial charge in [-0.3, -0.25) is 13.9 Å². The van der Waals surface area contributed by atoms with Gasteiger partial charge < -0.3 is 10.2 Å². The topological polar surface area (TPSA) is 86.8 Å². The van der Waals surface area contributed by atoms with Gasteiger partial charge in [0.25, 0.3) is 0 Å². The molecule has 0 heterocycles. The zero-order valence-electron chi connectivity index (χ0n) is 22.6. The molecular formula is C30H36FN3O4S. The first kappa shape index (κ1) is 29.8. The molecule has 39 heavy (non-hydrogen) atoms. The van der Waals surface area contributed by atoms with Crippen LogP contribution in [0.1, 0.15) is 36.5 Å². The number of halogens is 1. The third kappa shape index (κ3) is 8.38. The van der Waals surface area contributed by atoms with Gasteiger partial charge in [-0.15, -0.1) is 0 Å². The van der Waals surface area contributed by atoms with Gasteiger partial charge in [0.2, 0.25) is 21.8 Å². The minimum atomic E-state index is -3.59. The van der Waals surface area contributed by atoms with Crippen LogP contribution in [-0.4, -0.2) is 51.0 Å². The fourth-order valence-electron chi connectivity index (χ4n) is 4.43. The number of amides is 2. The summed E-state index contributed by atoms with van der Waals surface area (Å²) in [6, 6.07) is 21.9. The molecule has 208 valence electrons. The molecule has 0 aliphatic rings. The number of nitrogens with zero attached hydrogens (tertiary/aromatic N) is 2. The molecule has 0 saturated heterocycles. The molecule has 0 saturated carbocycles. The van der Waals surface area contributed by atoms with Gasteiger partial charge >= 0.3 is 0 Å². The molecule has 0 radical (unpaired) electrons. The summed E-state index contributed by atoms with van der Waals surface area (Å²) < 4.78 is 41.0. The molecule has 3 aromatic carbocycles. The summed E-state index contributed by atoms with van der Waals surface area (Å²) in [4.78, 5) is 28.0. The van der Waals surface area contributed by atoms with Gasteiger partial charge in [-0.2, -0.15) is 0 Å². The number of sulfonamides is 1. The highest BCUT2D eigenvalue weighted by Crippen LogP contribution is 2.21. The Morgan fingerprint density at radius 1 is 0.923 bits per heavy atom. The van der Waals surface area contributed by atoms with Crippen molar-refractivity contribution < 1.29 is 22.4 Å². The van der Waals surface area contributed by atoms with Crippen molar-refractivity contribution in [3.63, 3.8) is 0 Å². The normalized spacial score (nSPS) is 12.0. The van der Waals surface area contributed by atoms with Gasteiger partial charge in [-0.05, 0) is 42.2 Å². The van der Waals surface area contributed by atoms with E-state index in [4.69, 9.17) is 0 Å². The highest BCUT2D eigenvalue weighted by Gasteiger charge is 2.30. The Kier molecular flexibility index (Phi) is 10.6. The van der Waals surface area contributed by atoms with E-state index in [0.29, 0.717) is 11.3 Å². The van der Waals surface area contributed by atoms with Gasteiger partial charge in [-0.25, -0.2) is 12.8 Å². The lowest BCUT2D eigenvalue weighted by atomic mass is 10.0. The Hall–Kier alpha value is -3.72. The third-order valence-electron chi connectivity index (χ3n) is 6.60. The predicted octanol–water partition coefficient (Wildman–Crippen LogP) is 4.32. The van der Waals surface area contributed by atoms with E-state index in [9.17, 15) is 22.4 Å². The van der Waals surface area contributed by atoms with E-state index in [0.717, 1.165) is 23.8 Å². The van der Waals surface area contributed by atoms with Crippen molar-refractivity contribution in [2.75, 3.05) is 24.2 Å². The van der Waals surface area contributed by atoms with Crippen LogP contribution >= 0.6 is 0 Å². The Labute approximate surface area is 230 Å². The second-order valence-electron chi connectivity index (χ2n) is 9.39. The maximum Gasteiger partial charge on any atom is 0.242 e. The standard InChI is InChI=1S/C30H36FN3O4S/c1-4-23-16-18-26(19-17-23)34(39(3,37)38)20-10-15-29(35)33(22-25-13-8-9-14-27(25)31)28(30(36)32-2)21-24-11-6-5-7-12-24/h5-9,11-14,16-19,28H,4,10,15,20-22H2,1-3H3,(H,32,36). The first-order valence-corrected chi connectivity index (χ1v) is 14.8. The number of carbonyl (C=O) groups is 2. The van der Waals surface area contributed by atoms with Crippen molar-refractivity contribution in [1.29, 1.82) is 0 Å². The fourth-order valence-corrected chi connectivity index (χ4v) is 5.40. The van der Waals surface area contributed by atoms with Crippen LogP contribution in [0.5, 0.6) is 0 Å².